The Bertz CT molecular complexity index is 264. The average Bonchev–Trinajstić information content (AvgIpc) is 2.85. The summed E-state index contributed by atoms with van der Waals surface area (Å²) in [6.07, 6.45) is 15.0. The Morgan fingerprint density at radius 1 is 0.882 bits per heavy atom. The predicted molar refractivity (Wildman–Crippen MR) is 70.0 cm³/mol. The topological polar surface area (TPSA) is 32.3 Å². The van der Waals surface area contributed by atoms with Gasteiger partial charge in [-0.05, 0) is 43.9 Å². The largest absolute Gasteiger partial charge is 0.394 e. The maximum atomic E-state index is 9.71. The number of aliphatic hydroxyl groups excluding tert-OH is 1. The highest BCUT2D eigenvalue weighted by molar-refractivity contribution is 5.06. The van der Waals surface area contributed by atoms with Gasteiger partial charge in [-0.3, -0.25) is 0 Å². The van der Waals surface area contributed by atoms with Crippen molar-refractivity contribution in [2.45, 2.75) is 82.2 Å². The second-order valence-electron chi connectivity index (χ2n) is 6.80. The number of aliphatic hydroxyl groups is 1. The molecule has 3 rings (SSSR count). The minimum Gasteiger partial charge on any atom is -0.394 e. The van der Waals surface area contributed by atoms with Gasteiger partial charge in [0.1, 0.15) is 0 Å². The first kappa shape index (κ1) is 12.0. The van der Waals surface area contributed by atoms with Crippen LogP contribution >= 0.6 is 0 Å². The third kappa shape index (κ3) is 2.04. The van der Waals surface area contributed by atoms with Crippen molar-refractivity contribution in [3.8, 4) is 0 Å². The van der Waals surface area contributed by atoms with E-state index < -0.39 is 0 Å². The van der Waals surface area contributed by atoms with E-state index in [1.165, 1.54) is 70.6 Å². The summed E-state index contributed by atoms with van der Waals surface area (Å²) in [6, 6.07) is 0.716. The van der Waals surface area contributed by atoms with Crippen molar-refractivity contribution in [3.63, 3.8) is 0 Å². The molecule has 0 amide bonds. The van der Waals surface area contributed by atoms with Gasteiger partial charge in [-0.15, -0.1) is 0 Å². The molecular weight excluding hydrogens is 210 g/mol. The van der Waals surface area contributed by atoms with E-state index in [1.54, 1.807) is 0 Å². The van der Waals surface area contributed by atoms with E-state index in [0.29, 0.717) is 18.1 Å². The molecule has 0 heterocycles. The fraction of sp³-hybridized carbons (Fsp3) is 1.00. The van der Waals surface area contributed by atoms with Crippen molar-refractivity contribution in [2.75, 3.05) is 6.61 Å². The first-order chi connectivity index (χ1) is 8.29. The summed E-state index contributed by atoms with van der Waals surface area (Å²) in [6.45, 7) is 0.347. The molecule has 0 radical (unpaired) electrons. The number of hydrogen-bond acceptors (Lipinski definition) is 2. The van der Waals surface area contributed by atoms with E-state index in [4.69, 9.17) is 0 Å². The van der Waals surface area contributed by atoms with Gasteiger partial charge in [-0.1, -0.05) is 32.1 Å². The molecule has 0 aromatic heterocycles. The summed E-state index contributed by atoms with van der Waals surface area (Å²) in [5.74, 6) is 0. The molecule has 17 heavy (non-hydrogen) atoms. The van der Waals surface area contributed by atoms with Crippen molar-refractivity contribution >= 4 is 0 Å². The summed E-state index contributed by atoms with van der Waals surface area (Å²) in [5.41, 5.74) is 0.721. The molecule has 0 bridgehead atoms. The van der Waals surface area contributed by atoms with Crippen molar-refractivity contribution < 1.29 is 5.11 Å². The highest BCUT2D eigenvalue weighted by atomic mass is 16.3. The van der Waals surface area contributed by atoms with Gasteiger partial charge in [0.05, 0.1) is 6.61 Å². The van der Waals surface area contributed by atoms with Crippen LogP contribution in [0.25, 0.3) is 0 Å². The minimum atomic E-state index is 0.0928. The molecule has 2 nitrogen and oxygen atoms in total. The van der Waals surface area contributed by atoms with Crippen LogP contribution in [-0.2, 0) is 0 Å². The van der Waals surface area contributed by atoms with Crippen LogP contribution in [0.2, 0.25) is 0 Å². The van der Waals surface area contributed by atoms with E-state index >= 15 is 0 Å². The van der Waals surface area contributed by atoms with Gasteiger partial charge in [0.15, 0.2) is 0 Å². The second kappa shape index (κ2) is 4.55. The molecule has 2 heteroatoms. The first-order valence-corrected chi connectivity index (χ1v) is 7.67. The average molecular weight is 237 g/mol. The Morgan fingerprint density at radius 2 is 1.53 bits per heavy atom. The Balaban J connectivity index is 1.64. The molecule has 0 aromatic carbocycles. The maximum Gasteiger partial charge on any atom is 0.0613 e. The molecule has 0 aliphatic heterocycles. The zero-order valence-corrected chi connectivity index (χ0v) is 11.0. The van der Waals surface area contributed by atoms with Gasteiger partial charge in [-0.2, -0.15) is 0 Å². The van der Waals surface area contributed by atoms with E-state index in [1.807, 2.05) is 0 Å². The molecule has 3 saturated carbocycles. The normalized spacial score (nSPS) is 34.8. The van der Waals surface area contributed by atoms with E-state index in [-0.39, 0.29) is 5.54 Å². The van der Waals surface area contributed by atoms with Crippen molar-refractivity contribution in [3.05, 3.63) is 0 Å². The number of hydrogen-bond donors (Lipinski definition) is 2. The SMILES string of the molecule is OCC1(NC2CCC23CCCCC3)CCCC1. The summed E-state index contributed by atoms with van der Waals surface area (Å²) < 4.78 is 0. The standard InChI is InChI=1S/C15H27NO/c17-12-15(9-4-5-10-15)16-13-6-11-14(13)7-2-1-3-8-14/h13,16-17H,1-12H2. The highest BCUT2D eigenvalue weighted by Crippen LogP contribution is 2.52. The van der Waals surface area contributed by atoms with Crippen LogP contribution in [0, 0.1) is 5.41 Å². The zero-order chi connectivity index (χ0) is 11.8. The molecule has 1 spiro atoms. The molecule has 1 unspecified atom stereocenters. The van der Waals surface area contributed by atoms with E-state index in [0.717, 1.165) is 0 Å². The molecule has 0 saturated heterocycles. The fourth-order valence-electron chi connectivity index (χ4n) is 4.55. The second-order valence-corrected chi connectivity index (χ2v) is 6.80. The quantitative estimate of drug-likeness (QED) is 0.791. The highest BCUT2D eigenvalue weighted by Gasteiger charge is 2.49. The summed E-state index contributed by atoms with van der Waals surface area (Å²) in [5, 5.41) is 13.6. The Hall–Kier alpha value is -0.0800. The molecule has 0 aromatic rings. The van der Waals surface area contributed by atoms with Gasteiger partial charge in [0.25, 0.3) is 0 Å². The Labute approximate surface area is 105 Å². The van der Waals surface area contributed by atoms with Gasteiger partial charge in [0, 0.05) is 11.6 Å². The molecule has 3 aliphatic carbocycles. The molecule has 3 aliphatic rings. The maximum absolute atomic E-state index is 9.71. The van der Waals surface area contributed by atoms with Crippen LogP contribution in [0.4, 0.5) is 0 Å². The van der Waals surface area contributed by atoms with Crippen LogP contribution < -0.4 is 5.32 Å². The number of nitrogens with one attached hydrogen (secondary N) is 1. The molecule has 2 N–H and O–H groups in total. The molecule has 3 fully saturated rings. The van der Waals surface area contributed by atoms with Crippen molar-refractivity contribution in [1.82, 2.24) is 5.32 Å². The van der Waals surface area contributed by atoms with Crippen LogP contribution in [-0.4, -0.2) is 23.3 Å². The fourth-order valence-corrected chi connectivity index (χ4v) is 4.55. The lowest BCUT2D eigenvalue weighted by Crippen LogP contribution is -2.62. The van der Waals surface area contributed by atoms with Gasteiger partial charge in [0.2, 0.25) is 0 Å². The zero-order valence-electron chi connectivity index (χ0n) is 11.0. The van der Waals surface area contributed by atoms with Gasteiger partial charge in [-0.25, -0.2) is 0 Å². The molecule has 98 valence electrons. The molecular formula is C15H27NO. The van der Waals surface area contributed by atoms with Crippen LogP contribution in [0.5, 0.6) is 0 Å². The van der Waals surface area contributed by atoms with Crippen LogP contribution in [0.15, 0.2) is 0 Å². The van der Waals surface area contributed by atoms with Gasteiger partial charge < -0.3 is 10.4 Å². The lowest BCUT2D eigenvalue weighted by Gasteiger charge is -2.55. The van der Waals surface area contributed by atoms with Crippen molar-refractivity contribution in [2.24, 2.45) is 5.41 Å². The third-order valence-electron chi connectivity index (χ3n) is 5.86. The minimum absolute atomic E-state index is 0.0928. The van der Waals surface area contributed by atoms with Crippen LogP contribution in [0.1, 0.15) is 70.6 Å². The van der Waals surface area contributed by atoms with Crippen LogP contribution in [0.3, 0.4) is 0 Å². The van der Waals surface area contributed by atoms with E-state index in [9.17, 15) is 5.11 Å². The Kier molecular flexibility index (Phi) is 3.20. The van der Waals surface area contributed by atoms with E-state index in [2.05, 4.69) is 5.32 Å². The third-order valence-corrected chi connectivity index (χ3v) is 5.86. The summed E-state index contributed by atoms with van der Waals surface area (Å²) >= 11 is 0. The number of rotatable bonds is 3. The smallest absolute Gasteiger partial charge is 0.0613 e. The first-order valence-electron chi connectivity index (χ1n) is 7.67. The lowest BCUT2D eigenvalue weighted by molar-refractivity contribution is -0.00580. The van der Waals surface area contributed by atoms with Gasteiger partial charge >= 0.3 is 0 Å². The Morgan fingerprint density at radius 3 is 2.06 bits per heavy atom. The monoisotopic (exact) mass is 237 g/mol. The summed E-state index contributed by atoms with van der Waals surface area (Å²) in [4.78, 5) is 0. The molecule has 1 atom stereocenters. The van der Waals surface area contributed by atoms with Crippen molar-refractivity contribution in [1.29, 1.82) is 0 Å². The predicted octanol–water partition coefficient (Wildman–Crippen LogP) is 2.99. The summed E-state index contributed by atoms with van der Waals surface area (Å²) in [7, 11) is 0. The lowest BCUT2D eigenvalue weighted by atomic mass is 9.57.